The van der Waals surface area contributed by atoms with Gasteiger partial charge in [0, 0.05) is 41.1 Å². The molecule has 26 heavy (non-hydrogen) atoms. The van der Waals surface area contributed by atoms with Crippen LogP contribution >= 0.6 is 15.9 Å². The number of amides is 1. The van der Waals surface area contributed by atoms with Gasteiger partial charge in [0.15, 0.2) is 5.76 Å². The van der Waals surface area contributed by atoms with Crippen molar-refractivity contribution < 1.29 is 13.9 Å². The molecule has 1 fully saturated rings. The third kappa shape index (κ3) is 4.48. The highest BCUT2D eigenvalue weighted by Crippen LogP contribution is 2.28. The van der Waals surface area contributed by atoms with Gasteiger partial charge in [0.05, 0.1) is 13.2 Å². The summed E-state index contributed by atoms with van der Waals surface area (Å²) in [6.45, 7) is 10.4. The van der Waals surface area contributed by atoms with Crippen LogP contribution in [0.15, 0.2) is 27.1 Å². The van der Waals surface area contributed by atoms with Crippen molar-refractivity contribution in [3.63, 3.8) is 0 Å². The van der Waals surface area contributed by atoms with Crippen molar-refractivity contribution in [1.82, 2.24) is 10.2 Å². The monoisotopic (exact) mass is 422 g/mol. The van der Waals surface area contributed by atoms with Crippen LogP contribution in [0.1, 0.15) is 36.4 Å². The zero-order valence-corrected chi connectivity index (χ0v) is 17.3. The predicted molar refractivity (Wildman–Crippen MR) is 107 cm³/mol. The van der Waals surface area contributed by atoms with Crippen LogP contribution in [0, 0.1) is 12.8 Å². The van der Waals surface area contributed by atoms with Gasteiger partial charge in [-0.1, -0.05) is 29.8 Å². The molecule has 2 heterocycles. The zero-order chi connectivity index (χ0) is 18.7. The Labute approximate surface area is 163 Å². The number of nitrogens with one attached hydrogen (secondary N) is 1. The Hall–Kier alpha value is -1.37. The van der Waals surface area contributed by atoms with E-state index in [0.717, 1.165) is 53.7 Å². The van der Waals surface area contributed by atoms with Gasteiger partial charge in [-0.2, -0.15) is 0 Å². The van der Waals surface area contributed by atoms with Crippen molar-refractivity contribution >= 4 is 32.8 Å². The van der Waals surface area contributed by atoms with E-state index in [0.29, 0.717) is 24.3 Å². The van der Waals surface area contributed by atoms with Gasteiger partial charge in [0.2, 0.25) is 0 Å². The predicted octanol–water partition coefficient (Wildman–Crippen LogP) is 3.98. The summed E-state index contributed by atoms with van der Waals surface area (Å²) in [7, 11) is 0. The number of morpholine rings is 1. The highest BCUT2D eigenvalue weighted by molar-refractivity contribution is 9.10. The molecule has 0 saturated carbocycles. The Balaban J connectivity index is 1.70. The first-order chi connectivity index (χ1) is 12.5. The molecule has 1 aromatic heterocycles. The van der Waals surface area contributed by atoms with E-state index in [1.165, 1.54) is 0 Å². The Morgan fingerprint density at radius 3 is 2.73 bits per heavy atom. The van der Waals surface area contributed by atoms with E-state index in [1.54, 1.807) is 0 Å². The summed E-state index contributed by atoms with van der Waals surface area (Å²) >= 11 is 3.47. The van der Waals surface area contributed by atoms with E-state index in [9.17, 15) is 4.79 Å². The minimum atomic E-state index is -0.142. The smallest absolute Gasteiger partial charge is 0.287 e. The molecule has 1 atom stereocenters. The molecule has 0 bridgehead atoms. The van der Waals surface area contributed by atoms with E-state index in [-0.39, 0.29) is 5.91 Å². The Morgan fingerprint density at radius 1 is 1.31 bits per heavy atom. The third-order valence-electron chi connectivity index (χ3n) is 4.91. The maximum Gasteiger partial charge on any atom is 0.287 e. The normalized spacial score (nSPS) is 17.0. The molecule has 1 saturated heterocycles. The van der Waals surface area contributed by atoms with Gasteiger partial charge < -0.3 is 14.5 Å². The number of fused-ring (bicyclic) bond motifs is 1. The lowest BCUT2D eigenvalue weighted by Gasteiger charge is -2.35. The number of hydrogen-bond donors (Lipinski definition) is 1. The number of aryl methyl sites for hydroxylation is 1. The number of hydrogen-bond acceptors (Lipinski definition) is 4. The van der Waals surface area contributed by atoms with Crippen molar-refractivity contribution in [1.29, 1.82) is 0 Å². The van der Waals surface area contributed by atoms with Gasteiger partial charge in [-0.3, -0.25) is 9.69 Å². The minimum Gasteiger partial charge on any atom is -0.451 e. The molecule has 1 aliphatic heterocycles. The van der Waals surface area contributed by atoms with Crippen molar-refractivity contribution in [2.45, 2.75) is 33.2 Å². The maximum absolute atomic E-state index is 12.7. The van der Waals surface area contributed by atoms with E-state index in [1.807, 2.05) is 25.1 Å². The topological polar surface area (TPSA) is 54.7 Å². The first-order valence-electron chi connectivity index (χ1n) is 9.24. The number of rotatable bonds is 6. The van der Waals surface area contributed by atoms with E-state index in [2.05, 4.69) is 40.0 Å². The highest BCUT2D eigenvalue weighted by atomic mass is 79.9. The summed E-state index contributed by atoms with van der Waals surface area (Å²) < 4.78 is 12.2. The van der Waals surface area contributed by atoms with Gasteiger partial charge in [-0.15, -0.1) is 0 Å². The molecule has 2 aromatic rings. The first-order valence-corrected chi connectivity index (χ1v) is 10.0. The van der Waals surface area contributed by atoms with Gasteiger partial charge in [0.1, 0.15) is 5.58 Å². The van der Waals surface area contributed by atoms with Crippen molar-refractivity contribution in [3.8, 4) is 0 Å². The summed E-state index contributed by atoms with van der Waals surface area (Å²) in [4.78, 5) is 15.2. The largest absolute Gasteiger partial charge is 0.451 e. The van der Waals surface area contributed by atoms with E-state index < -0.39 is 0 Å². The quantitative estimate of drug-likeness (QED) is 0.764. The van der Waals surface area contributed by atoms with Crippen molar-refractivity contribution in [2.24, 2.45) is 5.92 Å². The molecule has 1 amide bonds. The summed E-state index contributed by atoms with van der Waals surface area (Å²) in [5, 5.41) is 4.06. The summed E-state index contributed by atoms with van der Waals surface area (Å²) in [5.41, 5.74) is 1.62. The minimum absolute atomic E-state index is 0.142. The number of carbonyl (C=O) groups is 1. The first kappa shape index (κ1) is 19.4. The lowest BCUT2D eigenvalue weighted by Crippen LogP contribution is -2.49. The molecule has 1 aliphatic rings. The molecular formula is C20H27BrN2O3. The number of nitrogens with zero attached hydrogens (tertiary/aromatic N) is 1. The number of carbonyl (C=O) groups excluding carboxylic acids is 1. The average Bonchev–Trinajstić information content (AvgIpc) is 2.95. The second kappa shape index (κ2) is 8.55. The molecule has 1 aromatic carbocycles. The lowest BCUT2D eigenvalue weighted by atomic mass is 10.0. The lowest BCUT2D eigenvalue weighted by molar-refractivity contribution is 0.0124. The van der Waals surface area contributed by atoms with Gasteiger partial charge >= 0.3 is 0 Å². The molecule has 3 rings (SSSR count). The van der Waals surface area contributed by atoms with Crippen LogP contribution in [0.25, 0.3) is 11.0 Å². The van der Waals surface area contributed by atoms with Crippen LogP contribution in [0.3, 0.4) is 0 Å². The van der Waals surface area contributed by atoms with Crippen LogP contribution < -0.4 is 5.32 Å². The SMILES string of the molecule is Cc1c(C(=O)NCC(CC(C)C)N2CCOCC2)oc2ccc(Br)cc12. The molecule has 142 valence electrons. The number of halogens is 1. The van der Waals surface area contributed by atoms with Crippen LogP contribution in [0.5, 0.6) is 0 Å². The molecule has 1 unspecified atom stereocenters. The standard InChI is InChI=1S/C20H27BrN2O3/c1-13(2)10-16(23-6-8-25-9-7-23)12-22-20(24)19-14(3)17-11-15(21)4-5-18(17)26-19/h4-5,11,13,16H,6-10,12H2,1-3H3,(H,22,24). The highest BCUT2D eigenvalue weighted by Gasteiger charge is 2.24. The molecule has 5 nitrogen and oxygen atoms in total. The van der Waals surface area contributed by atoms with E-state index in [4.69, 9.17) is 9.15 Å². The summed E-state index contributed by atoms with van der Waals surface area (Å²) in [6.07, 6.45) is 1.05. The Morgan fingerprint density at radius 2 is 2.04 bits per heavy atom. The van der Waals surface area contributed by atoms with Crippen LogP contribution in [-0.4, -0.2) is 49.7 Å². The zero-order valence-electron chi connectivity index (χ0n) is 15.7. The molecule has 6 heteroatoms. The van der Waals surface area contributed by atoms with Gasteiger partial charge in [-0.05, 0) is 37.5 Å². The molecule has 0 radical (unpaired) electrons. The average molecular weight is 423 g/mol. The van der Waals surface area contributed by atoms with Crippen LogP contribution in [0.4, 0.5) is 0 Å². The molecule has 0 spiro atoms. The van der Waals surface area contributed by atoms with Crippen LogP contribution in [-0.2, 0) is 4.74 Å². The van der Waals surface area contributed by atoms with Crippen molar-refractivity contribution in [3.05, 3.63) is 34.0 Å². The number of furan rings is 1. The maximum atomic E-state index is 12.7. The summed E-state index contributed by atoms with van der Waals surface area (Å²) in [6, 6.07) is 6.12. The fourth-order valence-electron chi connectivity index (χ4n) is 3.55. The number of benzene rings is 1. The van der Waals surface area contributed by atoms with Gasteiger partial charge in [-0.25, -0.2) is 0 Å². The fourth-order valence-corrected chi connectivity index (χ4v) is 3.91. The Kier molecular flexibility index (Phi) is 6.37. The molecular weight excluding hydrogens is 396 g/mol. The third-order valence-corrected chi connectivity index (χ3v) is 5.40. The second-order valence-electron chi connectivity index (χ2n) is 7.34. The second-order valence-corrected chi connectivity index (χ2v) is 8.25. The Bertz CT molecular complexity index is 766. The number of ether oxygens (including phenoxy) is 1. The summed E-state index contributed by atoms with van der Waals surface area (Å²) in [5.74, 6) is 0.838. The van der Waals surface area contributed by atoms with Crippen LogP contribution in [0.2, 0.25) is 0 Å². The van der Waals surface area contributed by atoms with E-state index >= 15 is 0 Å². The molecule has 1 N–H and O–H groups in total. The fraction of sp³-hybridized carbons (Fsp3) is 0.550. The van der Waals surface area contributed by atoms with Gasteiger partial charge in [0.25, 0.3) is 5.91 Å². The van der Waals surface area contributed by atoms with Crippen molar-refractivity contribution in [2.75, 3.05) is 32.8 Å². The molecule has 0 aliphatic carbocycles.